The van der Waals surface area contributed by atoms with Gasteiger partial charge < -0.3 is 11.1 Å². The topological polar surface area (TPSA) is 80.9 Å². The summed E-state index contributed by atoms with van der Waals surface area (Å²) >= 11 is 0. The van der Waals surface area contributed by atoms with E-state index < -0.39 is 0 Å². The number of amides is 1. The number of carbonyl (C=O) groups excluding carboxylic acids is 1. The number of anilines is 1. The Kier molecular flexibility index (Phi) is 4.21. The second kappa shape index (κ2) is 5.91. The van der Waals surface area contributed by atoms with E-state index in [0.29, 0.717) is 30.2 Å². The van der Waals surface area contributed by atoms with E-state index in [2.05, 4.69) is 48.2 Å². The van der Waals surface area contributed by atoms with Crippen LogP contribution in [-0.2, 0) is 16.8 Å². The van der Waals surface area contributed by atoms with E-state index in [-0.39, 0.29) is 5.41 Å². The third-order valence-electron chi connectivity index (χ3n) is 3.24. The number of carbonyl (C=O) groups is 1. The van der Waals surface area contributed by atoms with Gasteiger partial charge in [-0.1, -0.05) is 45.0 Å². The van der Waals surface area contributed by atoms with Gasteiger partial charge in [0.25, 0.3) is 0 Å². The molecule has 0 saturated heterocycles. The minimum absolute atomic E-state index is 0.0990. The molecule has 0 spiro atoms. The summed E-state index contributed by atoms with van der Waals surface area (Å²) in [4.78, 5) is 19.1. The normalized spacial score (nSPS) is 11.2. The zero-order chi connectivity index (χ0) is 15.5. The molecule has 0 unspecified atom stereocenters. The molecule has 0 bridgehead atoms. The van der Waals surface area contributed by atoms with E-state index in [1.807, 2.05) is 12.1 Å². The van der Waals surface area contributed by atoms with E-state index in [4.69, 9.17) is 5.73 Å². The van der Waals surface area contributed by atoms with Gasteiger partial charge in [0.2, 0.25) is 6.41 Å². The smallest absolute Gasteiger partial charge is 0.207 e. The van der Waals surface area contributed by atoms with Gasteiger partial charge in [0.15, 0.2) is 0 Å². The van der Waals surface area contributed by atoms with Crippen LogP contribution in [0.5, 0.6) is 0 Å². The van der Waals surface area contributed by atoms with Crippen molar-refractivity contribution in [1.29, 1.82) is 0 Å². The minimum atomic E-state index is 0.0990. The molecule has 1 aromatic carbocycles. The average Bonchev–Trinajstić information content (AvgIpc) is 2.45. The van der Waals surface area contributed by atoms with Crippen molar-refractivity contribution in [1.82, 2.24) is 15.3 Å². The maximum absolute atomic E-state index is 10.5. The fourth-order valence-electron chi connectivity index (χ4n) is 2.05. The van der Waals surface area contributed by atoms with Gasteiger partial charge in [0, 0.05) is 5.56 Å². The lowest BCUT2D eigenvalue weighted by molar-refractivity contribution is -0.109. The largest absolute Gasteiger partial charge is 0.382 e. The first kappa shape index (κ1) is 15.0. The number of benzene rings is 1. The molecule has 1 amide bonds. The number of hydrogen-bond donors (Lipinski definition) is 2. The molecule has 0 aliphatic carbocycles. The van der Waals surface area contributed by atoms with Crippen LogP contribution in [-0.4, -0.2) is 16.4 Å². The molecule has 110 valence electrons. The van der Waals surface area contributed by atoms with E-state index in [1.54, 1.807) is 0 Å². The molecular formula is C16H20N4O. The quantitative estimate of drug-likeness (QED) is 0.844. The number of aromatic nitrogens is 2. The number of nitrogens with two attached hydrogens (primary N) is 1. The van der Waals surface area contributed by atoms with Gasteiger partial charge in [-0.2, -0.15) is 0 Å². The van der Waals surface area contributed by atoms with Crippen LogP contribution < -0.4 is 11.1 Å². The summed E-state index contributed by atoms with van der Waals surface area (Å²) < 4.78 is 0. The molecule has 5 nitrogen and oxygen atoms in total. The lowest BCUT2D eigenvalue weighted by Gasteiger charge is -2.19. The molecule has 0 radical (unpaired) electrons. The third-order valence-corrected chi connectivity index (χ3v) is 3.24. The molecule has 3 N–H and O–H groups in total. The highest BCUT2D eigenvalue weighted by Gasteiger charge is 2.14. The number of rotatable bonds is 4. The highest BCUT2D eigenvalue weighted by Crippen LogP contribution is 2.26. The van der Waals surface area contributed by atoms with E-state index in [0.717, 1.165) is 5.56 Å². The maximum Gasteiger partial charge on any atom is 0.207 e. The summed E-state index contributed by atoms with van der Waals surface area (Å²) in [5.74, 6) is 0.361. The Morgan fingerprint density at radius 1 is 1.24 bits per heavy atom. The summed E-state index contributed by atoms with van der Waals surface area (Å²) in [6, 6.07) is 8.18. The molecule has 0 aliphatic rings. The van der Waals surface area contributed by atoms with Crippen molar-refractivity contribution in [2.45, 2.75) is 32.7 Å². The zero-order valence-corrected chi connectivity index (χ0v) is 12.6. The summed E-state index contributed by atoms with van der Waals surface area (Å²) in [6.07, 6.45) is 2.14. The van der Waals surface area contributed by atoms with Crippen LogP contribution in [0.25, 0.3) is 11.3 Å². The van der Waals surface area contributed by atoms with Crippen LogP contribution in [0, 0.1) is 0 Å². The van der Waals surface area contributed by atoms with Gasteiger partial charge in [0.1, 0.15) is 5.82 Å². The second-order valence-corrected chi connectivity index (χ2v) is 5.92. The Bertz CT molecular complexity index is 630. The van der Waals surface area contributed by atoms with Gasteiger partial charge >= 0.3 is 0 Å². The fourth-order valence-corrected chi connectivity index (χ4v) is 2.05. The summed E-state index contributed by atoms with van der Waals surface area (Å²) in [5, 5.41) is 2.61. The van der Waals surface area contributed by atoms with Gasteiger partial charge in [-0.05, 0) is 11.0 Å². The SMILES string of the molecule is CC(C)(C)c1ccc(-c2nc(N)cnc2CNC=O)cc1. The molecule has 5 heteroatoms. The van der Waals surface area contributed by atoms with Gasteiger partial charge in [-0.25, -0.2) is 4.98 Å². The molecule has 0 saturated carbocycles. The van der Waals surface area contributed by atoms with Crippen LogP contribution in [0.3, 0.4) is 0 Å². The third kappa shape index (κ3) is 3.56. The summed E-state index contributed by atoms with van der Waals surface area (Å²) in [7, 11) is 0. The van der Waals surface area contributed by atoms with Crippen molar-refractivity contribution >= 4 is 12.2 Å². The highest BCUT2D eigenvalue weighted by atomic mass is 16.1. The molecule has 1 aromatic heterocycles. The van der Waals surface area contributed by atoms with Crippen molar-refractivity contribution in [3.05, 3.63) is 41.7 Å². The predicted molar refractivity (Wildman–Crippen MR) is 83.5 cm³/mol. The molecule has 0 atom stereocenters. The van der Waals surface area contributed by atoms with Crippen LogP contribution in [0.2, 0.25) is 0 Å². The standard InChI is InChI=1S/C16H20N4O/c1-16(2,3)12-6-4-11(5-7-12)15-13(8-18-10-21)19-9-14(17)20-15/h4-7,9-10H,8H2,1-3H3,(H2,17,20)(H,18,21). The van der Waals surface area contributed by atoms with Crippen molar-refractivity contribution in [3.8, 4) is 11.3 Å². The zero-order valence-electron chi connectivity index (χ0n) is 12.6. The molecule has 0 aliphatic heterocycles. The molecule has 2 aromatic rings. The van der Waals surface area contributed by atoms with Crippen molar-refractivity contribution in [3.63, 3.8) is 0 Å². The number of hydrogen-bond acceptors (Lipinski definition) is 4. The molecular weight excluding hydrogens is 264 g/mol. The fraction of sp³-hybridized carbons (Fsp3) is 0.312. The Hall–Kier alpha value is -2.43. The summed E-state index contributed by atoms with van der Waals surface area (Å²) in [6.45, 7) is 6.83. The number of nitrogens with one attached hydrogen (secondary N) is 1. The maximum atomic E-state index is 10.5. The van der Waals surface area contributed by atoms with Crippen LogP contribution in [0.4, 0.5) is 5.82 Å². The summed E-state index contributed by atoms with van der Waals surface area (Å²) in [5.41, 5.74) is 9.40. The van der Waals surface area contributed by atoms with Crippen molar-refractivity contribution < 1.29 is 4.79 Å². The van der Waals surface area contributed by atoms with E-state index >= 15 is 0 Å². The predicted octanol–water partition coefficient (Wildman–Crippen LogP) is 2.27. The van der Waals surface area contributed by atoms with Crippen molar-refractivity contribution in [2.24, 2.45) is 0 Å². The van der Waals surface area contributed by atoms with Crippen molar-refractivity contribution in [2.75, 3.05) is 5.73 Å². The van der Waals surface area contributed by atoms with Gasteiger partial charge in [-0.15, -0.1) is 0 Å². The lowest BCUT2D eigenvalue weighted by Crippen LogP contribution is -2.14. The monoisotopic (exact) mass is 284 g/mol. The lowest BCUT2D eigenvalue weighted by atomic mass is 9.86. The Morgan fingerprint density at radius 3 is 2.48 bits per heavy atom. The van der Waals surface area contributed by atoms with Crippen LogP contribution in [0.15, 0.2) is 30.5 Å². The first-order valence-electron chi connectivity index (χ1n) is 6.81. The van der Waals surface area contributed by atoms with Gasteiger partial charge in [-0.3, -0.25) is 9.78 Å². The van der Waals surface area contributed by atoms with Crippen LogP contribution >= 0.6 is 0 Å². The molecule has 21 heavy (non-hydrogen) atoms. The number of nitrogen functional groups attached to an aromatic ring is 1. The molecule has 1 heterocycles. The van der Waals surface area contributed by atoms with Crippen LogP contribution in [0.1, 0.15) is 32.0 Å². The van der Waals surface area contributed by atoms with E-state index in [9.17, 15) is 4.79 Å². The average molecular weight is 284 g/mol. The Morgan fingerprint density at radius 2 is 1.90 bits per heavy atom. The van der Waals surface area contributed by atoms with E-state index in [1.165, 1.54) is 11.8 Å². The highest BCUT2D eigenvalue weighted by molar-refractivity contribution is 5.64. The molecule has 0 fully saturated rings. The molecule has 2 rings (SSSR count). The first-order chi connectivity index (χ1) is 9.91. The first-order valence-corrected chi connectivity index (χ1v) is 6.81. The van der Waals surface area contributed by atoms with Gasteiger partial charge in [0.05, 0.1) is 24.1 Å². The Labute approximate surface area is 124 Å². The Balaban J connectivity index is 2.40. The second-order valence-electron chi connectivity index (χ2n) is 5.92. The number of nitrogens with zero attached hydrogens (tertiary/aromatic N) is 2. The minimum Gasteiger partial charge on any atom is -0.382 e.